The van der Waals surface area contributed by atoms with E-state index in [0.717, 1.165) is 26.1 Å². The van der Waals surface area contributed by atoms with Gasteiger partial charge in [0.05, 0.1) is 25.0 Å². The Balaban J connectivity index is 2.07. The van der Waals surface area contributed by atoms with Gasteiger partial charge in [0.2, 0.25) is 0 Å². The van der Waals surface area contributed by atoms with Gasteiger partial charge in [-0.05, 0) is 6.42 Å². The number of morpholine rings is 1. The van der Waals surface area contributed by atoms with Crippen molar-refractivity contribution in [1.29, 1.82) is 0 Å². The Hall–Kier alpha value is -0.680. The number of ether oxygens (including phenoxy) is 1. The molecule has 0 aliphatic carbocycles. The van der Waals surface area contributed by atoms with Crippen molar-refractivity contribution >= 4 is 0 Å². The molecule has 0 aromatic rings. The molecule has 1 rings (SSSR count). The minimum Gasteiger partial charge on any atom is -0.379 e. The molecular weight excluding hydrogens is 218 g/mol. The average molecular weight is 243 g/mol. The second-order valence-electron chi connectivity index (χ2n) is 4.51. The van der Waals surface area contributed by atoms with Crippen molar-refractivity contribution in [2.24, 2.45) is 5.29 Å². The molecule has 17 heavy (non-hydrogen) atoms. The van der Waals surface area contributed by atoms with Gasteiger partial charge in [-0.1, -0.05) is 39.0 Å². The summed E-state index contributed by atoms with van der Waals surface area (Å²) in [4.78, 5) is 10.8. The lowest BCUT2D eigenvalue weighted by atomic mass is 10.1. The fraction of sp³-hybridized carbons (Fsp3) is 1.00. The standard InChI is InChI=1S/C12H25N3O2/c1-2-3-4-5-6-7-8-15(13-16)14-9-11-17-12-10-14/h2-12H2,1H3. The maximum Gasteiger partial charge on any atom is 0.0686 e. The molecule has 1 heterocycles. The molecule has 0 saturated carbocycles. The second kappa shape index (κ2) is 9.36. The smallest absolute Gasteiger partial charge is 0.0686 e. The molecule has 0 amide bonds. The highest BCUT2D eigenvalue weighted by molar-refractivity contribution is 4.59. The lowest BCUT2D eigenvalue weighted by Crippen LogP contribution is -2.46. The zero-order valence-corrected chi connectivity index (χ0v) is 10.9. The van der Waals surface area contributed by atoms with E-state index in [2.05, 4.69) is 12.2 Å². The van der Waals surface area contributed by atoms with Crippen LogP contribution in [0.2, 0.25) is 0 Å². The number of nitrogens with zero attached hydrogens (tertiary/aromatic N) is 3. The van der Waals surface area contributed by atoms with E-state index >= 15 is 0 Å². The summed E-state index contributed by atoms with van der Waals surface area (Å²) < 4.78 is 5.25. The third-order valence-corrected chi connectivity index (χ3v) is 3.12. The van der Waals surface area contributed by atoms with Gasteiger partial charge < -0.3 is 4.74 Å². The van der Waals surface area contributed by atoms with Crippen LogP contribution in [0.25, 0.3) is 0 Å². The highest BCUT2D eigenvalue weighted by atomic mass is 16.5. The normalized spacial score (nSPS) is 17.0. The van der Waals surface area contributed by atoms with E-state index < -0.39 is 0 Å². The highest BCUT2D eigenvalue weighted by Crippen LogP contribution is 2.09. The van der Waals surface area contributed by atoms with Crippen molar-refractivity contribution in [1.82, 2.24) is 10.1 Å². The van der Waals surface area contributed by atoms with E-state index in [-0.39, 0.29) is 0 Å². The number of hydrazine groups is 1. The van der Waals surface area contributed by atoms with E-state index in [9.17, 15) is 4.91 Å². The summed E-state index contributed by atoms with van der Waals surface area (Å²) in [6, 6.07) is 0. The maximum absolute atomic E-state index is 10.8. The van der Waals surface area contributed by atoms with Gasteiger partial charge in [0, 0.05) is 13.1 Å². The van der Waals surface area contributed by atoms with Crippen LogP contribution in [0.15, 0.2) is 5.29 Å². The van der Waals surface area contributed by atoms with Gasteiger partial charge in [-0.3, -0.25) is 0 Å². The monoisotopic (exact) mass is 243 g/mol. The molecule has 100 valence electrons. The van der Waals surface area contributed by atoms with Crippen LogP contribution >= 0.6 is 0 Å². The Labute approximate surface area is 104 Å². The SMILES string of the molecule is CCCCCCCCN(N=O)N1CCOCC1. The van der Waals surface area contributed by atoms with Crippen LogP contribution in [0, 0.1) is 4.91 Å². The Kier molecular flexibility index (Phi) is 7.92. The molecule has 0 bridgehead atoms. The average Bonchev–Trinajstić information content (AvgIpc) is 2.39. The first-order valence-electron chi connectivity index (χ1n) is 6.82. The zero-order chi connectivity index (χ0) is 12.3. The molecular formula is C12H25N3O2. The molecule has 1 aliphatic rings. The van der Waals surface area contributed by atoms with Gasteiger partial charge in [-0.15, -0.1) is 4.91 Å². The van der Waals surface area contributed by atoms with Crippen LogP contribution in [-0.2, 0) is 4.74 Å². The molecule has 0 spiro atoms. The largest absolute Gasteiger partial charge is 0.379 e. The van der Waals surface area contributed by atoms with Gasteiger partial charge in [-0.2, -0.15) is 10.1 Å². The lowest BCUT2D eigenvalue weighted by molar-refractivity contribution is -0.0913. The fourth-order valence-electron chi connectivity index (χ4n) is 2.05. The van der Waals surface area contributed by atoms with Crippen LogP contribution < -0.4 is 0 Å². The summed E-state index contributed by atoms with van der Waals surface area (Å²) in [5.41, 5.74) is 0. The van der Waals surface area contributed by atoms with Gasteiger partial charge in [0.15, 0.2) is 0 Å². The molecule has 0 atom stereocenters. The van der Waals surface area contributed by atoms with Crippen molar-refractivity contribution in [3.8, 4) is 0 Å². The number of rotatable bonds is 9. The molecule has 0 aromatic heterocycles. The third-order valence-electron chi connectivity index (χ3n) is 3.12. The molecule has 5 nitrogen and oxygen atoms in total. The maximum atomic E-state index is 10.8. The molecule has 5 heteroatoms. The van der Waals surface area contributed by atoms with Crippen molar-refractivity contribution in [3.63, 3.8) is 0 Å². The highest BCUT2D eigenvalue weighted by Gasteiger charge is 2.17. The topological polar surface area (TPSA) is 45.1 Å². The van der Waals surface area contributed by atoms with Crippen molar-refractivity contribution in [3.05, 3.63) is 4.91 Å². The summed E-state index contributed by atoms with van der Waals surface area (Å²) in [6.45, 7) is 5.92. The number of hydrogen-bond donors (Lipinski definition) is 0. The summed E-state index contributed by atoms with van der Waals surface area (Å²) in [7, 11) is 0. The van der Waals surface area contributed by atoms with E-state index in [1.54, 1.807) is 5.12 Å². The minimum absolute atomic E-state index is 0.697. The Bertz CT molecular complexity index is 196. The van der Waals surface area contributed by atoms with Gasteiger partial charge >= 0.3 is 0 Å². The first-order chi connectivity index (χ1) is 8.38. The van der Waals surface area contributed by atoms with Gasteiger partial charge in [-0.25, -0.2) is 0 Å². The van der Waals surface area contributed by atoms with Crippen LogP contribution in [0.1, 0.15) is 45.4 Å². The second-order valence-corrected chi connectivity index (χ2v) is 4.51. The van der Waals surface area contributed by atoms with E-state index in [1.807, 2.05) is 5.01 Å². The summed E-state index contributed by atoms with van der Waals surface area (Å²) in [6.07, 6.45) is 7.41. The molecule has 1 saturated heterocycles. The quantitative estimate of drug-likeness (QED) is 0.355. The van der Waals surface area contributed by atoms with E-state index in [0.29, 0.717) is 13.2 Å². The fourth-order valence-corrected chi connectivity index (χ4v) is 2.05. The van der Waals surface area contributed by atoms with Crippen molar-refractivity contribution in [2.75, 3.05) is 32.8 Å². The molecule has 0 aromatic carbocycles. The zero-order valence-electron chi connectivity index (χ0n) is 10.9. The van der Waals surface area contributed by atoms with E-state index in [4.69, 9.17) is 4.74 Å². The Morgan fingerprint density at radius 1 is 1.12 bits per heavy atom. The Morgan fingerprint density at radius 3 is 2.41 bits per heavy atom. The third kappa shape index (κ3) is 5.98. The number of nitroso groups, excluding NO2 is 1. The first-order valence-corrected chi connectivity index (χ1v) is 6.82. The minimum atomic E-state index is 0.697. The predicted molar refractivity (Wildman–Crippen MR) is 68.3 cm³/mol. The molecule has 1 aliphatic heterocycles. The molecule has 0 N–H and O–H groups in total. The molecule has 1 fully saturated rings. The summed E-state index contributed by atoms with van der Waals surface area (Å²) in [5, 5.41) is 6.66. The summed E-state index contributed by atoms with van der Waals surface area (Å²) in [5.74, 6) is 0. The number of unbranched alkanes of at least 4 members (excludes halogenated alkanes) is 5. The van der Waals surface area contributed by atoms with Crippen LogP contribution in [0.4, 0.5) is 0 Å². The van der Waals surface area contributed by atoms with Crippen LogP contribution in [0.5, 0.6) is 0 Å². The summed E-state index contributed by atoms with van der Waals surface area (Å²) >= 11 is 0. The van der Waals surface area contributed by atoms with Crippen LogP contribution in [-0.4, -0.2) is 43.0 Å². The number of hydrogen-bond acceptors (Lipinski definition) is 4. The van der Waals surface area contributed by atoms with Crippen LogP contribution in [0.3, 0.4) is 0 Å². The lowest BCUT2D eigenvalue weighted by Gasteiger charge is -2.32. The van der Waals surface area contributed by atoms with Crippen molar-refractivity contribution < 1.29 is 4.74 Å². The predicted octanol–water partition coefficient (Wildman–Crippen LogP) is 2.58. The first kappa shape index (κ1) is 14.4. The Morgan fingerprint density at radius 2 is 1.76 bits per heavy atom. The molecule has 0 radical (unpaired) electrons. The van der Waals surface area contributed by atoms with Crippen molar-refractivity contribution in [2.45, 2.75) is 45.4 Å². The van der Waals surface area contributed by atoms with Gasteiger partial charge in [0.25, 0.3) is 0 Å². The van der Waals surface area contributed by atoms with E-state index in [1.165, 1.54) is 32.1 Å². The van der Waals surface area contributed by atoms with Gasteiger partial charge in [0.1, 0.15) is 0 Å². The molecule has 0 unspecified atom stereocenters.